The Morgan fingerprint density at radius 3 is 2.10 bits per heavy atom. The number of nitrogens with one attached hydrogen (secondary N) is 2. The minimum atomic E-state index is -0.958. The van der Waals surface area contributed by atoms with Crippen molar-refractivity contribution in [1.29, 1.82) is 0 Å². The van der Waals surface area contributed by atoms with E-state index in [4.69, 9.17) is 5.11 Å². The number of benzene rings is 2. The van der Waals surface area contributed by atoms with Crippen molar-refractivity contribution in [2.45, 2.75) is 45.3 Å². The first kappa shape index (κ1) is 20.9. The average Bonchev–Trinajstić information content (AvgIpc) is 3.00. The predicted octanol–water partition coefficient (Wildman–Crippen LogP) is 3.76. The molecule has 0 bridgehead atoms. The molecule has 0 unspecified atom stereocenters. The largest absolute Gasteiger partial charge is 0.478 e. The lowest BCUT2D eigenvalue weighted by Gasteiger charge is -2.20. The van der Waals surface area contributed by atoms with Crippen LogP contribution in [-0.4, -0.2) is 35.1 Å². The Labute approximate surface area is 171 Å². The van der Waals surface area contributed by atoms with Gasteiger partial charge in [-0.25, -0.2) is 9.59 Å². The minimum absolute atomic E-state index is 0.234. The molecule has 6 nitrogen and oxygen atoms in total. The fourth-order valence-electron chi connectivity index (χ4n) is 3.58. The molecule has 1 aliphatic heterocycles. The molecule has 2 aromatic carbocycles. The van der Waals surface area contributed by atoms with Gasteiger partial charge in [-0.2, -0.15) is 0 Å². The molecule has 29 heavy (non-hydrogen) atoms. The lowest BCUT2D eigenvalue weighted by Crippen LogP contribution is -2.34. The van der Waals surface area contributed by atoms with E-state index in [-0.39, 0.29) is 11.6 Å². The van der Waals surface area contributed by atoms with Crippen molar-refractivity contribution in [3.05, 3.63) is 70.8 Å². The molecule has 3 N–H and O–H groups in total. The Morgan fingerprint density at radius 1 is 0.828 bits per heavy atom. The Balaban J connectivity index is 1.44. The van der Waals surface area contributed by atoms with Crippen LogP contribution in [0.15, 0.2) is 48.5 Å². The molecule has 2 aromatic rings. The van der Waals surface area contributed by atoms with Crippen LogP contribution in [0.5, 0.6) is 0 Å². The van der Waals surface area contributed by atoms with Gasteiger partial charge in [0.05, 0.1) is 5.56 Å². The Morgan fingerprint density at radius 2 is 1.45 bits per heavy atom. The Bertz CT molecular complexity index is 812. The van der Waals surface area contributed by atoms with E-state index in [0.717, 1.165) is 17.7 Å². The lowest BCUT2D eigenvalue weighted by molar-refractivity contribution is 0.0697. The average molecular weight is 396 g/mol. The number of amides is 2. The molecule has 1 aliphatic rings. The second kappa shape index (κ2) is 10.6. The van der Waals surface area contributed by atoms with Crippen molar-refractivity contribution >= 4 is 12.0 Å². The first-order chi connectivity index (χ1) is 14.1. The number of rotatable bonds is 7. The zero-order valence-electron chi connectivity index (χ0n) is 16.7. The number of carbonyl (C=O) groups is 2. The quantitative estimate of drug-likeness (QED) is 0.667. The van der Waals surface area contributed by atoms with Crippen molar-refractivity contribution in [1.82, 2.24) is 15.5 Å². The van der Waals surface area contributed by atoms with Crippen LogP contribution in [0, 0.1) is 0 Å². The van der Waals surface area contributed by atoms with Crippen LogP contribution in [0.25, 0.3) is 0 Å². The van der Waals surface area contributed by atoms with E-state index in [0.29, 0.717) is 13.1 Å². The maximum absolute atomic E-state index is 12.1. The van der Waals surface area contributed by atoms with Crippen LogP contribution in [0.1, 0.15) is 52.7 Å². The summed E-state index contributed by atoms with van der Waals surface area (Å²) in [4.78, 5) is 25.5. The summed E-state index contributed by atoms with van der Waals surface area (Å²) in [5.41, 5.74) is 3.45. The van der Waals surface area contributed by atoms with Crippen LogP contribution < -0.4 is 10.6 Å². The molecular weight excluding hydrogens is 366 g/mol. The molecule has 0 aromatic heterocycles. The van der Waals surface area contributed by atoms with Crippen molar-refractivity contribution < 1.29 is 14.7 Å². The summed E-state index contributed by atoms with van der Waals surface area (Å²) in [5, 5.41) is 14.6. The van der Waals surface area contributed by atoms with Crippen LogP contribution >= 0.6 is 0 Å². The smallest absolute Gasteiger partial charge is 0.335 e. The van der Waals surface area contributed by atoms with Gasteiger partial charge in [0.2, 0.25) is 0 Å². The Kier molecular flexibility index (Phi) is 7.64. The van der Waals surface area contributed by atoms with Gasteiger partial charge in [0.15, 0.2) is 0 Å². The maximum Gasteiger partial charge on any atom is 0.335 e. The summed E-state index contributed by atoms with van der Waals surface area (Å²) in [5.74, 6) is -0.958. The highest BCUT2D eigenvalue weighted by molar-refractivity contribution is 5.87. The number of carbonyl (C=O) groups excluding carboxylic acids is 1. The number of hydrogen-bond donors (Lipinski definition) is 3. The predicted molar refractivity (Wildman–Crippen MR) is 113 cm³/mol. The van der Waals surface area contributed by atoms with Crippen molar-refractivity contribution in [3.63, 3.8) is 0 Å². The van der Waals surface area contributed by atoms with Gasteiger partial charge in [-0.15, -0.1) is 0 Å². The van der Waals surface area contributed by atoms with E-state index >= 15 is 0 Å². The molecule has 0 aliphatic carbocycles. The monoisotopic (exact) mass is 395 g/mol. The van der Waals surface area contributed by atoms with Crippen LogP contribution in [-0.2, 0) is 19.6 Å². The molecule has 154 valence electrons. The number of carboxylic acids is 1. The van der Waals surface area contributed by atoms with E-state index in [2.05, 4.69) is 27.7 Å². The maximum atomic E-state index is 12.1. The van der Waals surface area contributed by atoms with Crippen LogP contribution in [0.4, 0.5) is 4.79 Å². The standard InChI is InChI=1S/C23H29N3O3/c27-22(28)21-10-8-18(9-11-21)15-24-23(29)25-16-19-6-5-7-20(14-19)17-26-12-3-1-2-4-13-26/h5-11,14H,1-4,12-13,15-17H2,(H,27,28)(H2,24,25,29). The molecule has 6 heteroatoms. The molecule has 0 radical (unpaired) electrons. The number of aromatic carboxylic acids is 1. The highest BCUT2D eigenvalue weighted by Gasteiger charge is 2.10. The topological polar surface area (TPSA) is 81.7 Å². The van der Waals surface area contributed by atoms with Crippen LogP contribution in [0.2, 0.25) is 0 Å². The molecule has 3 rings (SSSR count). The molecule has 2 amide bonds. The molecule has 1 heterocycles. The summed E-state index contributed by atoms with van der Waals surface area (Å²) >= 11 is 0. The van der Waals surface area contributed by atoms with Gasteiger partial charge in [0, 0.05) is 19.6 Å². The Hall–Kier alpha value is -2.86. The van der Waals surface area contributed by atoms with E-state index in [1.54, 1.807) is 12.1 Å². The highest BCUT2D eigenvalue weighted by atomic mass is 16.4. The molecule has 0 atom stereocenters. The van der Waals surface area contributed by atoms with E-state index in [1.165, 1.54) is 56.5 Å². The van der Waals surface area contributed by atoms with Gasteiger partial charge in [0.25, 0.3) is 0 Å². The number of nitrogens with zero attached hydrogens (tertiary/aromatic N) is 1. The van der Waals surface area contributed by atoms with Gasteiger partial charge in [-0.3, -0.25) is 4.90 Å². The minimum Gasteiger partial charge on any atom is -0.478 e. The van der Waals surface area contributed by atoms with E-state index in [9.17, 15) is 9.59 Å². The molecule has 1 fully saturated rings. The van der Waals surface area contributed by atoms with Crippen LogP contribution in [0.3, 0.4) is 0 Å². The summed E-state index contributed by atoms with van der Waals surface area (Å²) in [7, 11) is 0. The van der Waals surface area contributed by atoms with E-state index < -0.39 is 5.97 Å². The number of hydrogen-bond acceptors (Lipinski definition) is 3. The zero-order chi connectivity index (χ0) is 20.5. The van der Waals surface area contributed by atoms with Gasteiger partial charge in [-0.05, 0) is 54.8 Å². The summed E-state index contributed by atoms with van der Waals surface area (Å²) in [6.07, 6.45) is 5.22. The summed E-state index contributed by atoms with van der Waals surface area (Å²) in [6.45, 7) is 4.11. The summed E-state index contributed by atoms with van der Waals surface area (Å²) < 4.78 is 0. The number of likely N-dealkylation sites (tertiary alicyclic amines) is 1. The highest BCUT2D eigenvalue weighted by Crippen LogP contribution is 2.14. The number of urea groups is 1. The third-order valence-electron chi connectivity index (χ3n) is 5.20. The fourth-order valence-corrected chi connectivity index (χ4v) is 3.58. The molecular formula is C23H29N3O3. The van der Waals surface area contributed by atoms with Crippen molar-refractivity contribution in [2.24, 2.45) is 0 Å². The van der Waals surface area contributed by atoms with Gasteiger partial charge < -0.3 is 15.7 Å². The molecule has 0 saturated carbocycles. The number of carboxylic acid groups (broad SMARTS) is 1. The fraction of sp³-hybridized carbons (Fsp3) is 0.391. The zero-order valence-corrected chi connectivity index (χ0v) is 16.7. The van der Waals surface area contributed by atoms with Gasteiger partial charge >= 0.3 is 12.0 Å². The van der Waals surface area contributed by atoms with Gasteiger partial charge in [0.1, 0.15) is 0 Å². The third kappa shape index (κ3) is 6.91. The molecule has 0 spiro atoms. The SMILES string of the molecule is O=C(NCc1ccc(C(=O)O)cc1)NCc1cccc(CN2CCCCCC2)c1. The van der Waals surface area contributed by atoms with E-state index in [1.807, 2.05) is 12.1 Å². The first-order valence-corrected chi connectivity index (χ1v) is 10.2. The normalized spacial score (nSPS) is 14.8. The second-order valence-corrected chi connectivity index (χ2v) is 7.55. The lowest BCUT2D eigenvalue weighted by atomic mass is 10.1. The van der Waals surface area contributed by atoms with Crippen molar-refractivity contribution in [2.75, 3.05) is 13.1 Å². The summed E-state index contributed by atoms with van der Waals surface area (Å²) in [6, 6.07) is 14.6. The first-order valence-electron chi connectivity index (χ1n) is 10.2. The second-order valence-electron chi connectivity index (χ2n) is 7.55. The molecule has 1 saturated heterocycles. The van der Waals surface area contributed by atoms with Gasteiger partial charge in [-0.1, -0.05) is 49.2 Å². The van der Waals surface area contributed by atoms with Crippen molar-refractivity contribution in [3.8, 4) is 0 Å². The third-order valence-corrected chi connectivity index (χ3v) is 5.20.